The minimum absolute atomic E-state index is 0.0844. The first-order chi connectivity index (χ1) is 7.04. The molecule has 0 atom stereocenters. The molecule has 0 aromatic heterocycles. The van der Waals surface area contributed by atoms with E-state index in [0.717, 1.165) is 0 Å². The summed E-state index contributed by atoms with van der Waals surface area (Å²) in [6.07, 6.45) is 0. The van der Waals surface area contributed by atoms with Gasteiger partial charge in [0.05, 0.1) is 18.7 Å². The van der Waals surface area contributed by atoms with E-state index in [1.807, 2.05) is 0 Å². The molecular formula is C9H10O2. The van der Waals surface area contributed by atoms with Gasteiger partial charge in [0.15, 0.2) is 0 Å². The third-order valence-electron chi connectivity index (χ3n) is 1.68. The summed E-state index contributed by atoms with van der Waals surface area (Å²) in [4.78, 5) is 0. The van der Waals surface area contributed by atoms with Gasteiger partial charge in [-0.05, 0) is 17.6 Å². The second kappa shape index (κ2) is 2.55. The van der Waals surface area contributed by atoms with E-state index in [4.69, 9.17) is 10.2 Å². The molecule has 2 nitrogen and oxygen atoms in total. The number of aromatic hydroxyl groups is 1. The van der Waals surface area contributed by atoms with Crippen LogP contribution in [0.1, 0.15) is 17.0 Å². The van der Waals surface area contributed by atoms with Gasteiger partial charge in [0.1, 0.15) is 5.75 Å². The molecule has 0 bridgehead atoms. The summed E-state index contributed by atoms with van der Waals surface area (Å²) in [6.45, 7) is 0.836. The zero-order chi connectivity index (χ0) is 11.2. The van der Waals surface area contributed by atoms with Gasteiger partial charge in [-0.1, -0.05) is 12.1 Å². The van der Waals surface area contributed by atoms with Crippen LogP contribution in [0.5, 0.6) is 5.75 Å². The van der Waals surface area contributed by atoms with E-state index in [-0.39, 0.29) is 30.1 Å². The summed E-state index contributed by atoms with van der Waals surface area (Å²) in [5.74, 6) is -0.673. The fraction of sp³-hybridized carbons (Fsp3) is 0.333. The van der Waals surface area contributed by atoms with Crippen LogP contribution in [-0.2, 0) is 4.74 Å². The van der Waals surface area contributed by atoms with Gasteiger partial charge in [0.25, 0.3) is 0 Å². The average Bonchev–Trinajstić information content (AvgIpc) is 2.15. The van der Waals surface area contributed by atoms with Crippen molar-refractivity contribution in [3.05, 3.63) is 29.7 Å². The Morgan fingerprint density at radius 3 is 2.45 bits per heavy atom. The van der Waals surface area contributed by atoms with Gasteiger partial charge < -0.3 is 9.84 Å². The first-order valence-electron chi connectivity index (χ1n) is 5.41. The van der Waals surface area contributed by atoms with Gasteiger partial charge in [-0.2, -0.15) is 0 Å². The third kappa shape index (κ3) is 1.21. The number of hydrogen-bond donors (Lipinski definition) is 1. The maximum Gasteiger partial charge on any atom is 0.115 e. The van der Waals surface area contributed by atoms with Crippen molar-refractivity contribution in [1.29, 1.82) is 0 Å². The summed E-state index contributed by atoms with van der Waals surface area (Å²) in [5, 5.41) is 9.32. The standard InChI is InChI=1S/C9H10O2/c10-9-3-1-7(2-4-9)8-5-11-6-8/h1-4,8,10H,5-6H2/i1D,2D,3D,4D. The second-order valence-electron chi connectivity index (χ2n) is 2.50. The summed E-state index contributed by atoms with van der Waals surface area (Å²) >= 11 is 0. The number of hydrogen-bond acceptors (Lipinski definition) is 2. The van der Waals surface area contributed by atoms with Gasteiger partial charge in [-0.3, -0.25) is 0 Å². The molecule has 1 fully saturated rings. The molecule has 1 aliphatic rings. The van der Waals surface area contributed by atoms with Crippen LogP contribution >= 0.6 is 0 Å². The van der Waals surface area contributed by atoms with Crippen LogP contribution in [0.2, 0.25) is 0 Å². The monoisotopic (exact) mass is 154 g/mol. The van der Waals surface area contributed by atoms with Crippen molar-refractivity contribution < 1.29 is 15.3 Å². The highest BCUT2D eigenvalue weighted by atomic mass is 16.5. The van der Waals surface area contributed by atoms with Crippen molar-refractivity contribution in [3.8, 4) is 5.75 Å². The Balaban J connectivity index is 2.62. The first-order valence-corrected chi connectivity index (χ1v) is 3.41. The van der Waals surface area contributed by atoms with Crippen molar-refractivity contribution in [2.45, 2.75) is 5.92 Å². The molecule has 2 rings (SSSR count). The fourth-order valence-electron chi connectivity index (χ4n) is 0.922. The van der Waals surface area contributed by atoms with Crippen LogP contribution in [0.3, 0.4) is 0 Å². The Morgan fingerprint density at radius 1 is 1.36 bits per heavy atom. The SMILES string of the molecule is [2H]c1c([2H])c(C2COC2)c([2H])c([2H])c1O. The molecule has 0 aliphatic carbocycles. The molecular weight excluding hydrogens is 140 g/mol. The molecule has 1 aliphatic heterocycles. The van der Waals surface area contributed by atoms with Crippen molar-refractivity contribution in [2.75, 3.05) is 13.2 Å². The van der Waals surface area contributed by atoms with Crippen LogP contribution in [0, 0.1) is 0 Å². The lowest BCUT2D eigenvalue weighted by Crippen LogP contribution is -2.24. The fourth-order valence-corrected chi connectivity index (χ4v) is 0.922. The Bertz CT molecular complexity index is 386. The molecule has 11 heavy (non-hydrogen) atoms. The predicted octanol–water partition coefficient (Wildman–Crippen LogP) is 1.51. The lowest BCUT2D eigenvalue weighted by Gasteiger charge is -2.26. The van der Waals surface area contributed by atoms with Crippen molar-refractivity contribution in [1.82, 2.24) is 0 Å². The molecule has 1 saturated heterocycles. The molecule has 58 valence electrons. The zero-order valence-corrected chi connectivity index (χ0v) is 5.85. The molecule has 1 heterocycles. The largest absolute Gasteiger partial charge is 0.508 e. The van der Waals surface area contributed by atoms with E-state index >= 15 is 0 Å². The van der Waals surface area contributed by atoms with E-state index in [1.54, 1.807) is 0 Å². The number of ether oxygens (including phenoxy) is 1. The molecule has 1 aromatic carbocycles. The normalized spacial score (nSPS) is 22.9. The summed E-state index contributed by atoms with van der Waals surface area (Å²) in [6, 6.07) is -1.08. The molecule has 1 aromatic rings. The number of rotatable bonds is 1. The average molecular weight is 154 g/mol. The first kappa shape index (κ1) is 3.59. The maximum absolute atomic E-state index is 9.32. The summed E-state index contributed by atoms with van der Waals surface area (Å²) < 4.78 is 35.1. The highest BCUT2D eigenvalue weighted by Gasteiger charge is 2.19. The molecule has 0 amide bonds. The Kier molecular flexibility index (Phi) is 0.831. The van der Waals surface area contributed by atoms with Crippen LogP contribution in [0.15, 0.2) is 24.2 Å². The van der Waals surface area contributed by atoms with E-state index in [1.165, 1.54) is 0 Å². The van der Waals surface area contributed by atoms with E-state index in [0.29, 0.717) is 18.8 Å². The second-order valence-corrected chi connectivity index (χ2v) is 2.50. The van der Waals surface area contributed by atoms with E-state index in [9.17, 15) is 5.11 Å². The highest BCUT2D eigenvalue weighted by Crippen LogP contribution is 2.24. The minimum Gasteiger partial charge on any atom is -0.508 e. The van der Waals surface area contributed by atoms with E-state index in [2.05, 4.69) is 0 Å². The zero-order valence-electron chi connectivity index (χ0n) is 9.85. The number of phenolic OH excluding ortho intramolecular Hbond substituents is 1. The Labute approximate surface area is 71.0 Å². The summed E-state index contributed by atoms with van der Waals surface area (Å²) in [5.41, 5.74) is 0.342. The van der Waals surface area contributed by atoms with Gasteiger partial charge in [-0.25, -0.2) is 0 Å². The van der Waals surface area contributed by atoms with Crippen molar-refractivity contribution in [3.63, 3.8) is 0 Å². The third-order valence-corrected chi connectivity index (χ3v) is 1.68. The lowest BCUT2D eigenvalue weighted by atomic mass is 9.98. The van der Waals surface area contributed by atoms with Gasteiger partial charge in [0, 0.05) is 5.92 Å². The van der Waals surface area contributed by atoms with Gasteiger partial charge >= 0.3 is 0 Å². The summed E-state index contributed by atoms with van der Waals surface area (Å²) in [7, 11) is 0. The van der Waals surface area contributed by atoms with Gasteiger partial charge in [0.2, 0.25) is 0 Å². The molecule has 0 unspecified atom stereocenters. The highest BCUT2D eigenvalue weighted by molar-refractivity contribution is 5.29. The van der Waals surface area contributed by atoms with Crippen LogP contribution in [0.25, 0.3) is 0 Å². The molecule has 0 saturated carbocycles. The van der Waals surface area contributed by atoms with Crippen LogP contribution in [-0.4, -0.2) is 18.3 Å². The smallest absolute Gasteiger partial charge is 0.115 e. The Hall–Kier alpha value is -1.02. The maximum atomic E-state index is 9.32. The van der Waals surface area contributed by atoms with E-state index < -0.39 is 5.75 Å². The lowest BCUT2D eigenvalue weighted by molar-refractivity contribution is 0.00840. The van der Waals surface area contributed by atoms with Crippen molar-refractivity contribution in [2.24, 2.45) is 0 Å². The minimum atomic E-state index is -0.589. The number of phenols is 1. The quantitative estimate of drug-likeness (QED) is 0.664. The Morgan fingerprint density at radius 2 is 2.00 bits per heavy atom. The molecule has 0 radical (unpaired) electrons. The molecule has 2 heteroatoms. The van der Waals surface area contributed by atoms with Crippen LogP contribution < -0.4 is 0 Å². The van der Waals surface area contributed by atoms with Crippen molar-refractivity contribution >= 4 is 0 Å². The van der Waals surface area contributed by atoms with Crippen LogP contribution in [0.4, 0.5) is 0 Å². The molecule has 1 N–H and O–H groups in total. The predicted molar refractivity (Wildman–Crippen MR) is 41.7 cm³/mol. The topological polar surface area (TPSA) is 29.5 Å². The van der Waals surface area contributed by atoms with Gasteiger partial charge in [-0.15, -0.1) is 0 Å². The molecule has 0 spiro atoms. The number of benzene rings is 1.